The molecule has 2 aromatic carbocycles. The highest BCUT2D eigenvalue weighted by Crippen LogP contribution is 2.28. The van der Waals surface area contributed by atoms with Gasteiger partial charge in [0.05, 0.1) is 38.0 Å². The molecule has 1 unspecified atom stereocenters. The van der Waals surface area contributed by atoms with E-state index in [-0.39, 0.29) is 48.2 Å². The number of aliphatic hydroxyl groups is 1. The van der Waals surface area contributed by atoms with E-state index in [1.165, 1.54) is 6.92 Å². The van der Waals surface area contributed by atoms with Crippen molar-refractivity contribution in [2.45, 2.75) is 38.7 Å². The van der Waals surface area contributed by atoms with Crippen LogP contribution in [0.1, 0.15) is 48.2 Å². The van der Waals surface area contributed by atoms with Crippen molar-refractivity contribution in [1.29, 1.82) is 0 Å². The van der Waals surface area contributed by atoms with Crippen LogP contribution in [0.2, 0.25) is 0 Å². The molecule has 0 saturated heterocycles. The van der Waals surface area contributed by atoms with Gasteiger partial charge in [-0.2, -0.15) is 0 Å². The van der Waals surface area contributed by atoms with E-state index in [4.69, 9.17) is 32.0 Å². The molecule has 0 heterocycles. The molecular formula is C21H28O4. The first kappa shape index (κ1) is 8.00. The van der Waals surface area contributed by atoms with Crippen molar-refractivity contribution in [3.63, 3.8) is 0 Å². The smallest absolute Gasteiger partial charge is 0.160 e. The van der Waals surface area contributed by atoms with E-state index >= 15 is 0 Å². The van der Waals surface area contributed by atoms with Crippen LogP contribution in [0, 0.1) is 6.92 Å². The summed E-state index contributed by atoms with van der Waals surface area (Å²) < 4.78 is 117. The number of unbranched alkanes of at least 4 members (excludes halogenated alkanes) is 1. The monoisotopic (exact) mass is 357 g/mol. The third-order valence-electron chi connectivity index (χ3n) is 3.19. The van der Waals surface area contributed by atoms with E-state index < -0.39 is 67.8 Å². The number of ether oxygens (including phenoxy) is 3. The summed E-state index contributed by atoms with van der Waals surface area (Å²) in [5.74, 6) is -1.57. The summed E-state index contributed by atoms with van der Waals surface area (Å²) in [6.45, 7) is -1.79. The van der Waals surface area contributed by atoms with Crippen LogP contribution in [0.5, 0.6) is 17.2 Å². The number of rotatable bonds is 10. The third kappa shape index (κ3) is 6.31. The van der Waals surface area contributed by atoms with Crippen LogP contribution in [0.3, 0.4) is 0 Å². The minimum Gasteiger partial charge on any atom is -0.493 e. The van der Waals surface area contributed by atoms with Gasteiger partial charge < -0.3 is 19.3 Å². The van der Waals surface area contributed by atoms with Gasteiger partial charge >= 0.3 is 0 Å². The summed E-state index contributed by atoms with van der Waals surface area (Å²) in [7, 11) is -1.78. The number of hydrogen-bond acceptors (Lipinski definition) is 4. The molecule has 0 aromatic heterocycles. The predicted octanol–water partition coefficient (Wildman–Crippen LogP) is 4.16. The van der Waals surface area contributed by atoms with Gasteiger partial charge in [-0.05, 0) is 61.5 Å². The fourth-order valence-corrected chi connectivity index (χ4v) is 1.98. The molecule has 4 nitrogen and oxygen atoms in total. The molecule has 0 aliphatic heterocycles. The largest absolute Gasteiger partial charge is 0.493 e. The molecule has 0 bridgehead atoms. The Labute approximate surface area is 168 Å². The van der Waals surface area contributed by atoms with Crippen molar-refractivity contribution in [3.05, 3.63) is 53.4 Å². The molecule has 0 amide bonds. The van der Waals surface area contributed by atoms with Crippen molar-refractivity contribution in [1.82, 2.24) is 0 Å². The third-order valence-corrected chi connectivity index (χ3v) is 3.19. The Bertz CT molecular complexity index is 1170. The molecule has 25 heavy (non-hydrogen) atoms. The minimum atomic E-state index is -3.12. The van der Waals surface area contributed by atoms with Gasteiger partial charge in [0.1, 0.15) is 12.3 Å². The summed E-state index contributed by atoms with van der Waals surface area (Å²) in [5.41, 5.74) is 0.00588. The first-order chi connectivity index (χ1) is 17.3. The van der Waals surface area contributed by atoms with Crippen LogP contribution in [0.25, 0.3) is 0 Å². The molecular weight excluding hydrogens is 316 g/mol. The summed E-state index contributed by atoms with van der Waals surface area (Å²) in [6, 6.07) is -3.62. The Morgan fingerprint density at radius 3 is 2.88 bits per heavy atom. The van der Waals surface area contributed by atoms with E-state index in [1.54, 1.807) is 0 Å². The lowest BCUT2D eigenvalue weighted by Crippen LogP contribution is -2.17. The van der Waals surface area contributed by atoms with Gasteiger partial charge in [0.25, 0.3) is 0 Å². The van der Waals surface area contributed by atoms with Gasteiger partial charge in [-0.1, -0.05) is 24.5 Å². The Morgan fingerprint density at radius 1 is 1.20 bits per heavy atom. The summed E-state index contributed by atoms with van der Waals surface area (Å²) in [5, 5.41) is 10.5. The normalized spacial score (nSPS) is 21.6. The zero-order valence-electron chi connectivity index (χ0n) is 27.0. The van der Waals surface area contributed by atoms with E-state index in [1.807, 2.05) is 0 Å². The lowest BCUT2D eigenvalue weighted by atomic mass is 10.0. The maximum atomic E-state index is 10.5. The van der Waals surface area contributed by atoms with E-state index in [0.717, 1.165) is 7.11 Å². The van der Waals surface area contributed by atoms with Crippen molar-refractivity contribution >= 4 is 0 Å². The van der Waals surface area contributed by atoms with E-state index in [2.05, 4.69) is 0 Å². The van der Waals surface area contributed by atoms with Crippen molar-refractivity contribution in [2.24, 2.45) is 0 Å². The Morgan fingerprint density at radius 2 is 2.08 bits per heavy atom. The van der Waals surface area contributed by atoms with Gasteiger partial charge in [-0.15, -0.1) is 0 Å². The highest BCUT2D eigenvalue weighted by molar-refractivity contribution is 5.42. The van der Waals surface area contributed by atoms with Crippen molar-refractivity contribution in [3.8, 4) is 17.2 Å². The molecule has 2 aromatic rings. The van der Waals surface area contributed by atoms with Crippen molar-refractivity contribution < 1.29 is 37.1 Å². The quantitative estimate of drug-likeness (QED) is 0.649. The van der Waals surface area contributed by atoms with E-state index in [0.29, 0.717) is 0 Å². The van der Waals surface area contributed by atoms with Crippen LogP contribution in [-0.2, 0) is 6.42 Å². The Hall–Kier alpha value is -2.20. The molecule has 0 fully saturated rings. The molecule has 1 N–H and O–H groups in total. The van der Waals surface area contributed by atoms with Crippen LogP contribution in [0.15, 0.2) is 42.3 Å². The second kappa shape index (κ2) is 9.94. The SMILES string of the molecule is [2H]c1c([2H])c(C)c([2H])c(OC([2H])([2H])C([2H])(O)CCCCc2c([2H])c([2H])c(OC([2H])([2H])[2H])c(OC)c2[2H])c1[2H]. The minimum absolute atomic E-state index is 0.0131. The molecule has 2 rings (SSSR count). The highest BCUT2D eigenvalue weighted by Gasteiger charge is 2.07. The van der Waals surface area contributed by atoms with Gasteiger partial charge in [0.15, 0.2) is 11.5 Å². The van der Waals surface area contributed by atoms with Crippen molar-refractivity contribution in [2.75, 3.05) is 20.7 Å². The number of benzene rings is 2. The average Bonchev–Trinajstić information content (AvgIpc) is 2.81. The van der Waals surface area contributed by atoms with Gasteiger partial charge in [-0.3, -0.25) is 0 Å². The summed E-state index contributed by atoms with van der Waals surface area (Å²) in [6.07, 6.45) is -3.29. The van der Waals surface area contributed by atoms with Crippen LogP contribution >= 0.6 is 0 Å². The second-order valence-corrected chi connectivity index (χ2v) is 5.13. The molecule has 0 aliphatic rings. The Balaban J connectivity index is 2.19. The molecule has 0 saturated carbocycles. The highest BCUT2D eigenvalue weighted by atomic mass is 16.5. The zero-order valence-corrected chi connectivity index (χ0v) is 14.0. The molecule has 1 atom stereocenters. The molecule has 0 spiro atoms. The maximum Gasteiger partial charge on any atom is 0.160 e. The zero-order chi connectivity index (χ0) is 29.4. The van der Waals surface area contributed by atoms with Crippen LogP contribution < -0.4 is 14.2 Å². The molecule has 0 radical (unpaired) electrons. The lowest BCUT2D eigenvalue weighted by molar-refractivity contribution is 0.0976. The maximum absolute atomic E-state index is 10.5. The fraction of sp³-hybridized carbons (Fsp3) is 0.429. The van der Waals surface area contributed by atoms with Gasteiger partial charge in [0.2, 0.25) is 0 Å². The first-order valence-electron chi connectivity index (χ1n) is 14.1. The van der Waals surface area contributed by atoms with Gasteiger partial charge in [0, 0.05) is 0 Å². The fourth-order valence-electron chi connectivity index (χ4n) is 1.98. The second-order valence-electron chi connectivity index (χ2n) is 5.13. The lowest BCUT2D eigenvalue weighted by Gasteiger charge is -2.13. The molecule has 0 aliphatic carbocycles. The standard InChI is InChI=1S/C21H28O4/c1-16-7-6-10-19(13-16)25-15-18(22)9-5-4-8-17-11-12-20(23-2)21(14-17)24-3/h6-7,10-14,18,22H,4-5,8-9,15H2,1-3H3/i2D3,6D,7D,10D,11D,12D,13D,14D,15D2,18D. The first-order valence-corrected chi connectivity index (χ1v) is 7.61. The number of hydrogen-bond donors (Lipinski definition) is 1. The van der Waals surface area contributed by atoms with Crippen LogP contribution in [-0.4, -0.2) is 31.9 Å². The topological polar surface area (TPSA) is 47.9 Å². The summed E-state index contributed by atoms with van der Waals surface area (Å²) in [4.78, 5) is 0. The van der Waals surface area contributed by atoms with E-state index in [9.17, 15) is 5.11 Å². The average molecular weight is 358 g/mol. The Kier molecular flexibility index (Phi) is 3.18. The molecule has 136 valence electrons. The summed E-state index contributed by atoms with van der Waals surface area (Å²) >= 11 is 0. The molecule has 4 heteroatoms. The van der Waals surface area contributed by atoms with Gasteiger partial charge in [-0.25, -0.2) is 0 Å². The van der Waals surface area contributed by atoms with Crippen LogP contribution in [0.4, 0.5) is 0 Å². The number of methoxy groups -OCH3 is 2. The predicted molar refractivity (Wildman–Crippen MR) is 99.8 cm³/mol.